The van der Waals surface area contributed by atoms with Gasteiger partial charge in [0.1, 0.15) is 0 Å². The third-order valence-corrected chi connectivity index (χ3v) is 2.47. The molecule has 0 radical (unpaired) electrons. The third-order valence-electron chi connectivity index (χ3n) is 2.47. The molecule has 0 bridgehead atoms. The number of benzene rings is 1. The highest BCUT2D eigenvalue weighted by molar-refractivity contribution is 5.43. The Hall–Kier alpha value is -1.02. The van der Waals surface area contributed by atoms with Crippen molar-refractivity contribution in [1.29, 1.82) is 0 Å². The lowest BCUT2D eigenvalue weighted by Crippen LogP contribution is -2.16. The Bertz CT molecular complexity index is 264. The zero-order valence-corrected chi connectivity index (χ0v) is 10.0. The van der Waals surface area contributed by atoms with Crippen LogP contribution in [0.4, 0.5) is 5.69 Å². The van der Waals surface area contributed by atoms with Crippen molar-refractivity contribution in [3.8, 4) is 0 Å². The van der Waals surface area contributed by atoms with Crippen molar-refractivity contribution in [3.05, 3.63) is 29.8 Å². The summed E-state index contributed by atoms with van der Waals surface area (Å²) in [6.07, 6.45) is 1.24. The fourth-order valence-electron chi connectivity index (χ4n) is 1.41. The fourth-order valence-corrected chi connectivity index (χ4v) is 1.41. The van der Waals surface area contributed by atoms with Crippen molar-refractivity contribution < 1.29 is 0 Å². The van der Waals surface area contributed by atoms with E-state index in [9.17, 15) is 0 Å². The van der Waals surface area contributed by atoms with Gasteiger partial charge in [0.15, 0.2) is 0 Å². The fraction of sp³-hybridized carbons (Fsp3) is 0.538. The summed E-state index contributed by atoms with van der Waals surface area (Å²) in [6.45, 7) is 6.58. The van der Waals surface area contributed by atoms with E-state index in [0.717, 1.165) is 19.0 Å². The molecule has 2 heteroatoms. The first-order valence-electron chi connectivity index (χ1n) is 5.69. The molecule has 0 atom stereocenters. The molecule has 0 unspecified atom stereocenters. The lowest BCUT2D eigenvalue weighted by molar-refractivity contribution is 0.537. The molecular weight excluding hydrogens is 184 g/mol. The number of hydrogen-bond acceptors (Lipinski definition) is 2. The molecule has 1 aromatic carbocycles. The molecule has 2 nitrogen and oxygen atoms in total. The van der Waals surface area contributed by atoms with Crippen LogP contribution < -0.4 is 10.6 Å². The van der Waals surface area contributed by atoms with Gasteiger partial charge in [-0.3, -0.25) is 0 Å². The van der Waals surface area contributed by atoms with Crippen LogP contribution in [0.5, 0.6) is 0 Å². The Morgan fingerprint density at radius 2 is 1.80 bits per heavy atom. The molecular formula is C13H22N2. The first-order chi connectivity index (χ1) is 7.22. The van der Waals surface area contributed by atoms with Crippen molar-refractivity contribution >= 4 is 5.69 Å². The Morgan fingerprint density at radius 1 is 1.13 bits per heavy atom. The van der Waals surface area contributed by atoms with Crippen LogP contribution in [-0.2, 0) is 6.54 Å². The van der Waals surface area contributed by atoms with E-state index < -0.39 is 0 Å². The van der Waals surface area contributed by atoms with Crippen LogP contribution in [0.2, 0.25) is 0 Å². The van der Waals surface area contributed by atoms with E-state index in [1.807, 2.05) is 7.05 Å². The molecule has 2 N–H and O–H groups in total. The van der Waals surface area contributed by atoms with Crippen LogP contribution in [0.1, 0.15) is 25.8 Å². The molecule has 15 heavy (non-hydrogen) atoms. The quantitative estimate of drug-likeness (QED) is 0.699. The van der Waals surface area contributed by atoms with Gasteiger partial charge in [0, 0.05) is 19.3 Å². The number of anilines is 1. The second-order valence-electron chi connectivity index (χ2n) is 4.31. The van der Waals surface area contributed by atoms with E-state index >= 15 is 0 Å². The Kier molecular flexibility index (Phi) is 5.19. The van der Waals surface area contributed by atoms with Crippen LogP contribution in [0.25, 0.3) is 0 Å². The highest BCUT2D eigenvalue weighted by Crippen LogP contribution is 2.08. The minimum atomic E-state index is 0.782. The smallest absolute Gasteiger partial charge is 0.0337 e. The summed E-state index contributed by atoms with van der Waals surface area (Å²) < 4.78 is 0. The molecule has 0 saturated heterocycles. The summed E-state index contributed by atoms with van der Waals surface area (Å²) in [5.74, 6) is 0.782. The first kappa shape index (κ1) is 12.1. The summed E-state index contributed by atoms with van der Waals surface area (Å²) in [6, 6.07) is 8.54. The standard InChI is InChI=1S/C13H22N2/c1-11(2)8-9-15-10-12-4-6-13(14-3)7-5-12/h4-7,11,14-15H,8-10H2,1-3H3. The van der Waals surface area contributed by atoms with Crippen molar-refractivity contribution in [3.63, 3.8) is 0 Å². The van der Waals surface area contributed by atoms with Gasteiger partial charge in [-0.2, -0.15) is 0 Å². The van der Waals surface area contributed by atoms with E-state index in [1.165, 1.54) is 17.7 Å². The highest BCUT2D eigenvalue weighted by Gasteiger charge is 1.95. The summed E-state index contributed by atoms with van der Waals surface area (Å²) in [7, 11) is 1.94. The highest BCUT2D eigenvalue weighted by atomic mass is 14.8. The molecule has 0 saturated carbocycles. The van der Waals surface area contributed by atoms with Crippen LogP contribution >= 0.6 is 0 Å². The average molecular weight is 206 g/mol. The zero-order chi connectivity index (χ0) is 11.1. The van der Waals surface area contributed by atoms with Crippen molar-refractivity contribution in [2.75, 3.05) is 18.9 Å². The Balaban J connectivity index is 2.25. The van der Waals surface area contributed by atoms with Crippen molar-refractivity contribution in [2.24, 2.45) is 5.92 Å². The predicted octanol–water partition coefficient (Wildman–Crippen LogP) is 2.86. The van der Waals surface area contributed by atoms with Gasteiger partial charge in [-0.05, 0) is 36.6 Å². The van der Waals surface area contributed by atoms with Gasteiger partial charge in [-0.1, -0.05) is 26.0 Å². The van der Waals surface area contributed by atoms with Gasteiger partial charge in [0.2, 0.25) is 0 Å². The minimum absolute atomic E-state index is 0.782. The lowest BCUT2D eigenvalue weighted by Gasteiger charge is -2.07. The van der Waals surface area contributed by atoms with Gasteiger partial charge in [0.05, 0.1) is 0 Å². The maximum Gasteiger partial charge on any atom is 0.0337 e. The van der Waals surface area contributed by atoms with Gasteiger partial charge in [-0.25, -0.2) is 0 Å². The van der Waals surface area contributed by atoms with E-state index in [0.29, 0.717) is 0 Å². The van der Waals surface area contributed by atoms with E-state index in [4.69, 9.17) is 0 Å². The average Bonchev–Trinajstić information content (AvgIpc) is 2.25. The largest absolute Gasteiger partial charge is 0.388 e. The normalized spacial score (nSPS) is 10.7. The van der Waals surface area contributed by atoms with Crippen LogP contribution in [-0.4, -0.2) is 13.6 Å². The monoisotopic (exact) mass is 206 g/mol. The summed E-state index contributed by atoms with van der Waals surface area (Å²) >= 11 is 0. The van der Waals surface area contributed by atoms with E-state index in [1.54, 1.807) is 0 Å². The Morgan fingerprint density at radius 3 is 2.33 bits per heavy atom. The van der Waals surface area contributed by atoms with Crippen molar-refractivity contribution in [1.82, 2.24) is 5.32 Å². The molecule has 0 aromatic heterocycles. The summed E-state index contributed by atoms with van der Waals surface area (Å²) in [5.41, 5.74) is 2.51. The first-order valence-corrected chi connectivity index (χ1v) is 5.69. The van der Waals surface area contributed by atoms with Gasteiger partial charge in [0.25, 0.3) is 0 Å². The molecule has 1 rings (SSSR count). The van der Waals surface area contributed by atoms with Crippen LogP contribution in [0.3, 0.4) is 0 Å². The summed E-state index contributed by atoms with van der Waals surface area (Å²) in [4.78, 5) is 0. The topological polar surface area (TPSA) is 24.1 Å². The van der Waals surface area contributed by atoms with Crippen LogP contribution in [0.15, 0.2) is 24.3 Å². The van der Waals surface area contributed by atoms with E-state index in [2.05, 4.69) is 48.7 Å². The number of hydrogen-bond donors (Lipinski definition) is 2. The zero-order valence-electron chi connectivity index (χ0n) is 10.0. The van der Waals surface area contributed by atoms with Gasteiger partial charge in [-0.15, -0.1) is 0 Å². The molecule has 0 aliphatic heterocycles. The van der Waals surface area contributed by atoms with Gasteiger partial charge >= 0.3 is 0 Å². The minimum Gasteiger partial charge on any atom is -0.388 e. The molecule has 0 aliphatic rings. The molecule has 0 heterocycles. The maximum absolute atomic E-state index is 3.45. The number of rotatable bonds is 6. The summed E-state index contributed by atoms with van der Waals surface area (Å²) in [5, 5.41) is 6.57. The molecule has 84 valence electrons. The van der Waals surface area contributed by atoms with Crippen molar-refractivity contribution in [2.45, 2.75) is 26.8 Å². The predicted molar refractivity (Wildman–Crippen MR) is 67.2 cm³/mol. The molecule has 0 aliphatic carbocycles. The maximum atomic E-state index is 3.45. The molecule has 0 fully saturated rings. The third kappa shape index (κ3) is 4.84. The Labute approximate surface area is 93.1 Å². The number of nitrogens with one attached hydrogen (secondary N) is 2. The molecule has 0 spiro atoms. The van der Waals surface area contributed by atoms with Gasteiger partial charge < -0.3 is 10.6 Å². The van der Waals surface area contributed by atoms with E-state index in [-0.39, 0.29) is 0 Å². The second kappa shape index (κ2) is 6.46. The molecule has 1 aromatic rings. The van der Waals surface area contributed by atoms with Crippen LogP contribution in [0, 0.1) is 5.92 Å². The lowest BCUT2D eigenvalue weighted by atomic mass is 10.1. The second-order valence-corrected chi connectivity index (χ2v) is 4.31. The molecule has 0 amide bonds. The SMILES string of the molecule is CNc1ccc(CNCCC(C)C)cc1.